The van der Waals surface area contributed by atoms with Gasteiger partial charge in [-0.2, -0.15) is 0 Å². The van der Waals surface area contributed by atoms with Crippen molar-refractivity contribution in [3.8, 4) is 0 Å². The third-order valence-corrected chi connectivity index (χ3v) is 2.41. The zero-order chi connectivity index (χ0) is 13.5. The van der Waals surface area contributed by atoms with Crippen LogP contribution in [-0.2, 0) is 0 Å². The molecule has 5 nitrogen and oxygen atoms in total. The number of carbonyl (C=O) groups is 2. The van der Waals surface area contributed by atoms with Gasteiger partial charge in [-0.05, 0) is 18.2 Å². The Balaban J connectivity index is 2.32. The van der Waals surface area contributed by atoms with Gasteiger partial charge in [-0.25, -0.2) is 4.79 Å². The molecule has 0 bridgehead atoms. The van der Waals surface area contributed by atoms with E-state index in [4.69, 9.17) is 11.6 Å². The molecule has 0 heterocycles. The van der Waals surface area contributed by atoms with Crippen LogP contribution < -0.4 is 10.6 Å². The topological polar surface area (TPSA) is 61.4 Å². The Morgan fingerprint density at radius 1 is 1.22 bits per heavy atom. The van der Waals surface area contributed by atoms with E-state index < -0.39 is 0 Å². The van der Waals surface area contributed by atoms with Gasteiger partial charge in [-0.1, -0.05) is 17.7 Å². The second kappa shape index (κ2) is 6.86. The molecule has 2 N–H and O–H groups in total. The van der Waals surface area contributed by atoms with Crippen molar-refractivity contribution in [2.75, 3.05) is 27.2 Å². The van der Waals surface area contributed by atoms with E-state index in [9.17, 15) is 9.59 Å². The SMILES string of the molecule is CN(C)C(=O)NCCNC(=O)c1cccc(Cl)c1. The summed E-state index contributed by atoms with van der Waals surface area (Å²) in [5.74, 6) is -0.211. The first kappa shape index (κ1) is 14.3. The van der Waals surface area contributed by atoms with Crippen LogP contribution in [-0.4, -0.2) is 44.0 Å². The van der Waals surface area contributed by atoms with Crippen molar-refractivity contribution in [1.82, 2.24) is 15.5 Å². The molecule has 0 saturated heterocycles. The first-order chi connectivity index (χ1) is 8.50. The number of halogens is 1. The normalized spacial score (nSPS) is 9.72. The molecule has 3 amide bonds. The van der Waals surface area contributed by atoms with E-state index in [0.29, 0.717) is 23.7 Å². The molecule has 18 heavy (non-hydrogen) atoms. The lowest BCUT2D eigenvalue weighted by molar-refractivity contribution is 0.0953. The van der Waals surface area contributed by atoms with Crippen LogP contribution in [0.2, 0.25) is 5.02 Å². The second-order valence-electron chi connectivity index (χ2n) is 3.89. The van der Waals surface area contributed by atoms with E-state index in [1.165, 1.54) is 4.90 Å². The van der Waals surface area contributed by atoms with Crippen LogP contribution in [0.15, 0.2) is 24.3 Å². The number of carbonyl (C=O) groups excluding carboxylic acids is 2. The summed E-state index contributed by atoms with van der Waals surface area (Å²) < 4.78 is 0. The largest absolute Gasteiger partial charge is 0.350 e. The zero-order valence-corrected chi connectivity index (χ0v) is 11.1. The molecule has 0 fully saturated rings. The zero-order valence-electron chi connectivity index (χ0n) is 10.4. The van der Waals surface area contributed by atoms with E-state index >= 15 is 0 Å². The van der Waals surface area contributed by atoms with Crippen LogP contribution in [0, 0.1) is 0 Å². The maximum absolute atomic E-state index is 11.7. The van der Waals surface area contributed by atoms with Gasteiger partial charge in [0.15, 0.2) is 0 Å². The van der Waals surface area contributed by atoms with E-state index in [1.54, 1.807) is 38.4 Å². The number of rotatable bonds is 4. The van der Waals surface area contributed by atoms with Gasteiger partial charge >= 0.3 is 6.03 Å². The summed E-state index contributed by atoms with van der Waals surface area (Å²) in [7, 11) is 3.31. The molecule has 1 rings (SSSR count). The molecule has 0 saturated carbocycles. The van der Waals surface area contributed by atoms with E-state index in [0.717, 1.165) is 0 Å². The van der Waals surface area contributed by atoms with Crippen LogP contribution in [0.25, 0.3) is 0 Å². The van der Waals surface area contributed by atoms with Gasteiger partial charge in [-0.15, -0.1) is 0 Å². The lowest BCUT2D eigenvalue weighted by Crippen LogP contribution is -2.39. The number of hydrogen-bond donors (Lipinski definition) is 2. The molecular weight excluding hydrogens is 254 g/mol. The second-order valence-corrected chi connectivity index (χ2v) is 4.33. The van der Waals surface area contributed by atoms with Gasteiger partial charge in [0, 0.05) is 37.8 Å². The Labute approximate surface area is 111 Å². The fourth-order valence-electron chi connectivity index (χ4n) is 1.24. The van der Waals surface area contributed by atoms with Crippen molar-refractivity contribution in [2.45, 2.75) is 0 Å². The standard InChI is InChI=1S/C12H16ClN3O2/c1-16(2)12(18)15-7-6-14-11(17)9-4-3-5-10(13)8-9/h3-5,8H,6-7H2,1-2H3,(H,14,17)(H,15,18). The van der Waals surface area contributed by atoms with E-state index in [1.807, 2.05) is 0 Å². The van der Waals surface area contributed by atoms with Crippen LogP contribution in [0.1, 0.15) is 10.4 Å². The van der Waals surface area contributed by atoms with Crippen LogP contribution in [0.5, 0.6) is 0 Å². The molecule has 0 spiro atoms. The summed E-state index contributed by atoms with van der Waals surface area (Å²) in [6.45, 7) is 0.744. The van der Waals surface area contributed by atoms with Crippen molar-refractivity contribution in [2.24, 2.45) is 0 Å². The summed E-state index contributed by atoms with van der Waals surface area (Å²) in [5, 5.41) is 5.85. The number of nitrogens with zero attached hydrogens (tertiary/aromatic N) is 1. The Kier molecular flexibility index (Phi) is 5.45. The maximum atomic E-state index is 11.7. The number of benzene rings is 1. The molecule has 0 unspecified atom stereocenters. The van der Waals surface area contributed by atoms with Gasteiger partial charge in [-0.3, -0.25) is 4.79 Å². The summed E-state index contributed by atoms with van der Waals surface area (Å²) in [5.41, 5.74) is 0.501. The highest BCUT2D eigenvalue weighted by atomic mass is 35.5. The Morgan fingerprint density at radius 3 is 2.50 bits per heavy atom. The lowest BCUT2D eigenvalue weighted by Gasteiger charge is -2.12. The van der Waals surface area contributed by atoms with Crippen molar-refractivity contribution in [1.29, 1.82) is 0 Å². The van der Waals surface area contributed by atoms with Gasteiger partial charge in [0.25, 0.3) is 5.91 Å². The van der Waals surface area contributed by atoms with Crippen molar-refractivity contribution in [3.05, 3.63) is 34.9 Å². The number of urea groups is 1. The highest BCUT2D eigenvalue weighted by Gasteiger charge is 2.05. The molecule has 0 aromatic heterocycles. The number of hydrogen-bond acceptors (Lipinski definition) is 2. The summed E-state index contributed by atoms with van der Waals surface area (Å²) in [6, 6.07) is 6.50. The van der Waals surface area contributed by atoms with Crippen molar-refractivity contribution in [3.63, 3.8) is 0 Å². The van der Waals surface area contributed by atoms with Gasteiger partial charge in [0.05, 0.1) is 0 Å². The molecule has 1 aromatic rings. The fraction of sp³-hybridized carbons (Fsp3) is 0.333. The molecule has 98 valence electrons. The molecule has 0 aliphatic rings. The highest BCUT2D eigenvalue weighted by Crippen LogP contribution is 2.10. The van der Waals surface area contributed by atoms with Crippen LogP contribution >= 0.6 is 11.6 Å². The van der Waals surface area contributed by atoms with Crippen LogP contribution in [0.4, 0.5) is 4.79 Å². The molecule has 1 aromatic carbocycles. The first-order valence-electron chi connectivity index (χ1n) is 5.49. The quantitative estimate of drug-likeness (QED) is 0.811. The minimum Gasteiger partial charge on any atom is -0.350 e. The molecule has 0 atom stereocenters. The molecule has 0 aliphatic heterocycles. The Morgan fingerprint density at radius 2 is 1.89 bits per heavy atom. The molecule has 0 radical (unpaired) electrons. The highest BCUT2D eigenvalue weighted by molar-refractivity contribution is 6.30. The summed E-state index contributed by atoms with van der Waals surface area (Å²) in [6.07, 6.45) is 0. The predicted molar refractivity (Wildman–Crippen MR) is 70.9 cm³/mol. The fourth-order valence-corrected chi connectivity index (χ4v) is 1.43. The van der Waals surface area contributed by atoms with Crippen molar-refractivity contribution < 1.29 is 9.59 Å². The summed E-state index contributed by atoms with van der Waals surface area (Å²) >= 11 is 5.78. The first-order valence-corrected chi connectivity index (χ1v) is 5.87. The molecular formula is C12H16ClN3O2. The van der Waals surface area contributed by atoms with Gasteiger partial charge in [0.1, 0.15) is 0 Å². The maximum Gasteiger partial charge on any atom is 0.316 e. The van der Waals surface area contributed by atoms with Gasteiger partial charge in [0.2, 0.25) is 0 Å². The van der Waals surface area contributed by atoms with Crippen LogP contribution in [0.3, 0.4) is 0 Å². The summed E-state index contributed by atoms with van der Waals surface area (Å²) in [4.78, 5) is 24.3. The van der Waals surface area contributed by atoms with E-state index in [-0.39, 0.29) is 11.9 Å². The number of amides is 3. The monoisotopic (exact) mass is 269 g/mol. The predicted octanol–water partition coefficient (Wildman–Crippen LogP) is 1.34. The van der Waals surface area contributed by atoms with E-state index in [2.05, 4.69) is 10.6 Å². The Bertz CT molecular complexity index is 435. The third-order valence-electron chi connectivity index (χ3n) is 2.18. The Hall–Kier alpha value is -1.75. The minimum absolute atomic E-state index is 0.188. The lowest BCUT2D eigenvalue weighted by atomic mass is 10.2. The third kappa shape index (κ3) is 4.63. The minimum atomic E-state index is -0.211. The average Bonchev–Trinajstić information content (AvgIpc) is 2.33. The number of nitrogens with one attached hydrogen (secondary N) is 2. The van der Waals surface area contributed by atoms with Gasteiger partial charge < -0.3 is 15.5 Å². The average molecular weight is 270 g/mol. The molecule has 0 aliphatic carbocycles. The molecule has 6 heteroatoms. The smallest absolute Gasteiger partial charge is 0.316 e. The van der Waals surface area contributed by atoms with Crippen molar-refractivity contribution >= 4 is 23.5 Å².